The van der Waals surface area contributed by atoms with Crippen LogP contribution in [0.3, 0.4) is 0 Å². The number of ether oxygens (including phenoxy) is 1. The van der Waals surface area contributed by atoms with Gasteiger partial charge in [0, 0.05) is 13.1 Å². The summed E-state index contributed by atoms with van der Waals surface area (Å²) in [5, 5.41) is 4.02. The van der Waals surface area contributed by atoms with Crippen LogP contribution in [-0.4, -0.2) is 29.0 Å². The largest absolute Gasteiger partial charge is 0.457 e. The molecule has 7 heteroatoms. The second-order valence-electron chi connectivity index (χ2n) is 5.24. The molecule has 0 radical (unpaired) electrons. The Kier molecular flexibility index (Phi) is 5.02. The molecule has 24 heavy (non-hydrogen) atoms. The third-order valence-corrected chi connectivity index (χ3v) is 4.74. The maximum Gasteiger partial charge on any atom is 0.349 e. The van der Waals surface area contributed by atoms with Gasteiger partial charge in [-0.3, -0.25) is 0 Å². The fourth-order valence-electron chi connectivity index (χ4n) is 2.38. The molecule has 3 aromatic rings. The van der Waals surface area contributed by atoms with Gasteiger partial charge in [-0.15, -0.1) is 11.3 Å². The van der Waals surface area contributed by atoms with Gasteiger partial charge in [-0.2, -0.15) is 0 Å². The van der Waals surface area contributed by atoms with E-state index in [0.29, 0.717) is 23.8 Å². The minimum Gasteiger partial charge on any atom is -0.457 e. The van der Waals surface area contributed by atoms with Crippen molar-refractivity contribution in [1.82, 2.24) is 9.97 Å². The molecule has 1 aromatic carbocycles. The number of carbonyl (C=O) groups excluding carboxylic acids is 1. The Labute approximate surface area is 143 Å². The number of carbonyl (C=O) groups is 1. The topological polar surface area (TPSA) is 90.1 Å². The molecule has 2 aromatic heterocycles. The van der Waals surface area contributed by atoms with Crippen molar-refractivity contribution >= 4 is 33.3 Å². The lowest BCUT2D eigenvalue weighted by atomic mass is 10.2. The highest BCUT2D eigenvalue weighted by molar-refractivity contribution is 7.20. The van der Waals surface area contributed by atoms with E-state index in [-0.39, 0.29) is 12.6 Å². The standard InChI is InChI=1S/C17H18N4O2S/c1-11-13-15(19-8-7-18)20-10-21-16(13)24-14(11)17(22)23-9-12-5-3-2-4-6-12/h2-6,10H,7-9,18H2,1H3,(H,19,20,21). The van der Waals surface area contributed by atoms with Crippen molar-refractivity contribution in [2.75, 3.05) is 18.4 Å². The Balaban J connectivity index is 1.84. The molecule has 3 N–H and O–H groups in total. The van der Waals surface area contributed by atoms with Crippen molar-refractivity contribution in [3.8, 4) is 0 Å². The number of hydrogen-bond donors (Lipinski definition) is 2. The van der Waals surface area contributed by atoms with Gasteiger partial charge < -0.3 is 15.8 Å². The lowest BCUT2D eigenvalue weighted by molar-refractivity contribution is 0.0478. The van der Waals surface area contributed by atoms with Crippen molar-refractivity contribution in [3.63, 3.8) is 0 Å². The van der Waals surface area contributed by atoms with Crippen LogP contribution in [0.2, 0.25) is 0 Å². The number of nitrogens with two attached hydrogens (primary N) is 1. The minimum atomic E-state index is -0.343. The van der Waals surface area contributed by atoms with E-state index in [0.717, 1.165) is 21.3 Å². The molecule has 124 valence electrons. The van der Waals surface area contributed by atoms with Crippen LogP contribution >= 0.6 is 11.3 Å². The Morgan fingerprint density at radius 3 is 2.83 bits per heavy atom. The van der Waals surface area contributed by atoms with E-state index in [2.05, 4.69) is 15.3 Å². The Hall–Kier alpha value is -2.51. The molecule has 0 saturated carbocycles. The van der Waals surface area contributed by atoms with Gasteiger partial charge in [0.2, 0.25) is 0 Å². The smallest absolute Gasteiger partial charge is 0.349 e. The summed E-state index contributed by atoms with van der Waals surface area (Å²) in [5.41, 5.74) is 7.31. The number of rotatable bonds is 6. The maximum absolute atomic E-state index is 12.4. The summed E-state index contributed by atoms with van der Waals surface area (Å²) in [4.78, 5) is 22.3. The molecule has 0 spiro atoms. The van der Waals surface area contributed by atoms with Crippen LogP contribution in [0.4, 0.5) is 5.82 Å². The molecule has 3 rings (SSSR count). The molecule has 0 aliphatic heterocycles. The number of fused-ring (bicyclic) bond motifs is 1. The van der Waals surface area contributed by atoms with Crippen LogP contribution in [0.1, 0.15) is 20.8 Å². The van der Waals surface area contributed by atoms with Gasteiger partial charge in [0.05, 0.1) is 5.39 Å². The predicted molar refractivity (Wildman–Crippen MR) is 95.3 cm³/mol. The zero-order valence-electron chi connectivity index (χ0n) is 13.3. The van der Waals surface area contributed by atoms with Gasteiger partial charge in [0.1, 0.15) is 28.5 Å². The van der Waals surface area contributed by atoms with Crippen LogP contribution in [0.5, 0.6) is 0 Å². The first-order valence-corrected chi connectivity index (χ1v) is 8.41. The van der Waals surface area contributed by atoms with E-state index >= 15 is 0 Å². The monoisotopic (exact) mass is 342 g/mol. The first-order valence-electron chi connectivity index (χ1n) is 7.59. The second kappa shape index (κ2) is 7.37. The Morgan fingerprint density at radius 1 is 1.29 bits per heavy atom. The number of anilines is 1. The zero-order valence-corrected chi connectivity index (χ0v) is 14.1. The second-order valence-corrected chi connectivity index (χ2v) is 6.23. The average molecular weight is 342 g/mol. The normalized spacial score (nSPS) is 10.8. The van der Waals surface area contributed by atoms with E-state index in [9.17, 15) is 4.79 Å². The molecule has 0 atom stereocenters. The van der Waals surface area contributed by atoms with Crippen LogP contribution in [0.25, 0.3) is 10.2 Å². The molecular weight excluding hydrogens is 324 g/mol. The number of nitrogens with one attached hydrogen (secondary N) is 1. The Morgan fingerprint density at radius 2 is 2.08 bits per heavy atom. The van der Waals surface area contributed by atoms with Crippen molar-refractivity contribution < 1.29 is 9.53 Å². The number of benzene rings is 1. The van der Waals surface area contributed by atoms with Crippen LogP contribution in [0.15, 0.2) is 36.7 Å². The molecular formula is C17H18N4O2S. The summed E-state index contributed by atoms with van der Waals surface area (Å²) in [5.74, 6) is 0.352. The number of esters is 1. The maximum atomic E-state index is 12.4. The van der Waals surface area contributed by atoms with Gasteiger partial charge in [-0.05, 0) is 18.1 Å². The number of nitrogens with zero attached hydrogens (tertiary/aromatic N) is 2. The van der Waals surface area contributed by atoms with Crippen molar-refractivity contribution in [2.24, 2.45) is 5.73 Å². The molecule has 0 fully saturated rings. The molecule has 6 nitrogen and oxygen atoms in total. The molecule has 0 bridgehead atoms. The highest BCUT2D eigenvalue weighted by Crippen LogP contribution is 2.33. The SMILES string of the molecule is Cc1c(C(=O)OCc2ccccc2)sc2ncnc(NCCN)c12. The van der Waals surface area contributed by atoms with Gasteiger partial charge in [-0.25, -0.2) is 14.8 Å². The number of aryl methyl sites for hydroxylation is 1. The highest BCUT2D eigenvalue weighted by atomic mass is 32.1. The summed E-state index contributed by atoms with van der Waals surface area (Å²) >= 11 is 1.32. The lowest BCUT2D eigenvalue weighted by Gasteiger charge is -2.06. The summed E-state index contributed by atoms with van der Waals surface area (Å²) < 4.78 is 5.43. The third kappa shape index (κ3) is 3.37. The van der Waals surface area contributed by atoms with Gasteiger partial charge in [0.15, 0.2) is 0 Å². The highest BCUT2D eigenvalue weighted by Gasteiger charge is 2.20. The van der Waals surface area contributed by atoms with E-state index in [1.54, 1.807) is 0 Å². The van der Waals surface area contributed by atoms with Crippen LogP contribution in [0, 0.1) is 6.92 Å². The van der Waals surface area contributed by atoms with Gasteiger partial charge in [0.25, 0.3) is 0 Å². The first-order chi connectivity index (χ1) is 11.7. The first kappa shape index (κ1) is 16.4. The van der Waals surface area contributed by atoms with E-state index < -0.39 is 0 Å². The zero-order chi connectivity index (χ0) is 16.9. The van der Waals surface area contributed by atoms with Crippen molar-refractivity contribution in [3.05, 3.63) is 52.7 Å². The molecule has 0 unspecified atom stereocenters. The van der Waals surface area contributed by atoms with Crippen molar-refractivity contribution in [1.29, 1.82) is 0 Å². The molecule has 2 heterocycles. The van der Waals surface area contributed by atoms with E-state index in [1.807, 2.05) is 37.3 Å². The number of hydrogen-bond acceptors (Lipinski definition) is 7. The number of thiophene rings is 1. The summed E-state index contributed by atoms with van der Waals surface area (Å²) in [6.45, 7) is 3.24. The predicted octanol–water partition coefficient (Wildman–Crippen LogP) is 2.73. The van der Waals surface area contributed by atoms with Crippen LogP contribution in [-0.2, 0) is 11.3 Å². The number of aromatic nitrogens is 2. The van der Waals surface area contributed by atoms with Gasteiger partial charge in [-0.1, -0.05) is 30.3 Å². The molecule has 0 aliphatic carbocycles. The molecule has 0 aliphatic rings. The fraction of sp³-hybridized carbons (Fsp3) is 0.235. The quantitative estimate of drug-likeness (QED) is 0.670. The molecule has 0 amide bonds. The van der Waals surface area contributed by atoms with Gasteiger partial charge >= 0.3 is 5.97 Å². The minimum absolute atomic E-state index is 0.247. The summed E-state index contributed by atoms with van der Waals surface area (Å²) in [7, 11) is 0. The summed E-state index contributed by atoms with van der Waals surface area (Å²) in [6, 6.07) is 9.60. The van der Waals surface area contributed by atoms with Crippen LogP contribution < -0.4 is 11.1 Å². The van der Waals surface area contributed by atoms with E-state index in [1.165, 1.54) is 17.7 Å². The average Bonchev–Trinajstić information content (AvgIpc) is 2.96. The molecule has 0 saturated heterocycles. The third-order valence-electron chi connectivity index (χ3n) is 3.56. The fourth-order valence-corrected chi connectivity index (χ4v) is 3.42. The van der Waals surface area contributed by atoms with E-state index in [4.69, 9.17) is 10.5 Å². The Bertz CT molecular complexity index is 848. The van der Waals surface area contributed by atoms with Crippen molar-refractivity contribution in [2.45, 2.75) is 13.5 Å². The summed E-state index contributed by atoms with van der Waals surface area (Å²) in [6.07, 6.45) is 1.48. The lowest BCUT2D eigenvalue weighted by Crippen LogP contribution is -2.14.